The fourth-order valence-corrected chi connectivity index (χ4v) is 1.47. The van der Waals surface area contributed by atoms with Gasteiger partial charge in [-0.25, -0.2) is 14.4 Å². The Labute approximate surface area is 108 Å². The molecule has 0 saturated heterocycles. The zero-order valence-corrected chi connectivity index (χ0v) is 10.2. The van der Waals surface area contributed by atoms with Gasteiger partial charge in [0.25, 0.3) is 0 Å². The molecule has 7 heteroatoms. The van der Waals surface area contributed by atoms with Crippen LogP contribution in [-0.2, 0) is 24.9 Å². The number of benzene rings is 1. The van der Waals surface area contributed by atoms with E-state index in [9.17, 15) is 14.4 Å². The van der Waals surface area contributed by atoms with Gasteiger partial charge >= 0.3 is 12.0 Å². The van der Waals surface area contributed by atoms with Crippen LogP contribution in [-0.4, -0.2) is 25.4 Å². The highest BCUT2D eigenvalue weighted by Crippen LogP contribution is 2.31. The molecule has 0 atom stereocenters. The standard InChI is InChI=1S/C12H10N2O5/c1-9-5-3-4-6-10(9)12(13-7-15,14-8-16)19-11(17)18-2/h3-6H,1-2H3. The normalized spacial score (nSPS) is 12.3. The van der Waals surface area contributed by atoms with Crippen molar-refractivity contribution in [3.63, 3.8) is 0 Å². The minimum absolute atomic E-state index is 0.229. The van der Waals surface area contributed by atoms with Crippen LogP contribution in [0, 0.1) is 6.92 Å². The molecule has 0 N–H and O–H groups in total. The van der Waals surface area contributed by atoms with Crippen LogP contribution in [0.3, 0.4) is 0 Å². The number of methoxy groups -OCH3 is 1. The molecule has 0 saturated carbocycles. The van der Waals surface area contributed by atoms with Gasteiger partial charge in [0.05, 0.1) is 7.11 Å². The Balaban J connectivity index is 3.48. The Morgan fingerprint density at radius 1 is 1.21 bits per heavy atom. The number of aryl methyl sites for hydroxylation is 1. The summed E-state index contributed by atoms with van der Waals surface area (Å²) >= 11 is 0. The molecule has 7 nitrogen and oxygen atoms in total. The molecular weight excluding hydrogens is 252 g/mol. The Bertz CT molecular complexity index is 553. The van der Waals surface area contributed by atoms with E-state index in [4.69, 9.17) is 4.74 Å². The summed E-state index contributed by atoms with van der Waals surface area (Å²) in [5.74, 6) is -2.16. The third kappa shape index (κ3) is 3.13. The van der Waals surface area contributed by atoms with Crippen LogP contribution >= 0.6 is 0 Å². The van der Waals surface area contributed by atoms with Gasteiger partial charge in [0.15, 0.2) is 0 Å². The minimum Gasteiger partial charge on any atom is -0.438 e. The zero-order chi connectivity index (χ0) is 14.3. The smallest absolute Gasteiger partial charge is 0.438 e. The number of isocyanates is 2. The van der Waals surface area contributed by atoms with E-state index in [1.54, 1.807) is 25.1 Å². The van der Waals surface area contributed by atoms with Crippen molar-refractivity contribution in [1.29, 1.82) is 0 Å². The van der Waals surface area contributed by atoms with Crippen molar-refractivity contribution in [2.24, 2.45) is 9.98 Å². The maximum absolute atomic E-state index is 11.2. The molecule has 0 aromatic heterocycles. The zero-order valence-electron chi connectivity index (χ0n) is 10.2. The molecule has 0 amide bonds. The summed E-state index contributed by atoms with van der Waals surface area (Å²) in [7, 11) is 1.07. The molecule has 19 heavy (non-hydrogen) atoms. The third-order valence-electron chi connectivity index (χ3n) is 2.28. The fraction of sp³-hybridized carbons (Fsp3) is 0.250. The van der Waals surface area contributed by atoms with Gasteiger partial charge in [-0.1, -0.05) is 24.3 Å². The van der Waals surface area contributed by atoms with Gasteiger partial charge in [-0.05, 0) is 12.5 Å². The number of hydrogen-bond donors (Lipinski definition) is 0. The summed E-state index contributed by atoms with van der Waals surface area (Å²) in [5.41, 5.74) is 0.830. The summed E-state index contributed by atoms with van der Waals surface area (Å²) in [4.78, 5) is 38.9. The molecule has 0 aliphatic rings. The van der Waals surface area contributed by atoms with Gasteiger partial charge in [0.1, 0.15) is 0 Å². The number of carbonyl (C=O) groups is 1. The molecule has 0 aliphatic carbocycles. The summed E-state index contributed by atoms with van der Waals surface area (Å²) in [6, 6.07) is 6.50. The van der Waals surface area contributed by atoms with E-state index in [1.807, 2.05) is 0 Å². The lowest BCUT2D eigenvalue weighted by molar-refractivity contribution is -0.0212. The Morgan fingerprint density at radius 2 is 1.79 bits per heavy atom. The number of hydrogen-bond acceptors (Lipinski definition) is 7. The van der Waals surface area contributed by atoms with Crippen LogP contribution in [0.15, 0.2) is 34.3 Å². The van der Waals surface area contributed by atoms with E-state index in [2.05, 4.69) is 14.7 Å². The van der Waals surface area contributed by atoms with E-state index < -0.39 is 12.0 Å². The van der Waals surface area contributed by atoms with E-state index in [0.29, 0.717) is 5.56 Å². The van der Waals surface area contributed by atoms with Crippen molar-refractivity contribution >= 4 is 18.3 Å². The molecule has 1 aromatic carbocycles. The molecule has 0 bridgehead atoms. The van der Waals surface area contributed by atoms with Crippen molar-refractivity contribution in [3.05, 3.63) is 35.4 Å². The van der Waals surface area contributed by atoms with Crippen LogP contribution in [0.5, 0.6) is 0 Å². The quantitative estimate of drug-likeness (QED) is 0.466. The van der Waals surface area contributed by atoms with Gasteiger partial charge in [0.2, 0.25) is 12.2 Å². The third-order valence-corrected chi connectivity index (χ3v) is 2.28. The first kappa shape index (κ1) is 14.3. The van der Waals surface area contributed by atoms with Crippen molar-refractivity contribution in [2.75, 3.05) is 7.11 Å². The number of nitrogens with zero attached hydrogens (tertiary/aromatic N) is 2. The first-order chi connectivity index (χ1) is 9.09. The summed E-state index contributed by atoms with van der Waals surface area (Å²) < 4.78 is 9.13. The molecule has 0 heterocycles. The van der Waals surface area contributed by atoms with Gasteiger partial charge < -0.3 is 9.47 Å². The highest BCUT2D eigenvalue weighted by atomic mass is 16.7. The first-order valence-electron chi connectivity index (χ1n) is 5.10. The highest BCUT2D eigenvalue weighted by molar-refractivity contribution is 5.61. The Morgan fingerprint density at radius 3 is 2.26 bits per heavy atom. The first-order valence-corrected chi connectivity index (χ1v) is 5.10. The lowest BCUT2D eigenvalue weighted by atomic mass is 10.0. The molecule has 0 unspecified atom stereocenters. The topological polar surface area (TPSA) is 94.4 Å². The molecule has 1 aromatic rings. The van der Waals surface area contributed by atoms with Crippen LogP contribution in [0.2, 0.25) is 0 Å². The van der Waals surface area contributed by atoms with Crippen molar-refractivity contribution in [2.45, 2.75) is 12.8 Å². The molecule has 1 rings (SSSR count). The summed E-state index contributed by atoms with van der Waals surface area (Å²) in [6.45, 7) is 1.67. The maximum atomic E-state index is 11.2. The number of aliphatic imine (C=N–C) groups is 2. The van der Waals surface area contributed by atoms with E-state index >= 15 is 0 Å². The van der Waals surface area contributed by atoms with Crippen LogP contribution in [0.25, 0.3) is 0 Å². The lowest BCUT2D eigenvalue weighted by Crippen LogP contribution is -2.29. The fourth-order valence-electron chi connectivity index (χ4n) is 1.47. The predicted molar refractivity (Wildman–Crippen MR) is 62.6 cm³/mol. The second kappa shape index (κ2) is 6.26. The predicted octanol–water partition coefficient (Wildman–Crippen LogP) is 1.56. The highest BCUT2D eigenvalue weighted by Gasteiger charge is 2.38. The Kier molecular flexibility index (Phi) is 4.71. The van der Waals surface area contributed by atoms with Crippen molar-refractivity contribution in [3.8, 4) is 0 Å². The second-order valence-corrected chi connectivity index (χ2v) is 3.39. The van der Waals surface area contributed by atoms with Gasteiger partial charge in [-0.2, -0.15) is 0 Å². The molecule has 98 valence electrons. The molecule has 0 fully saturated rings. The largest absolute Gasteiger partial charge is 0.511 e. The van der Waals surface area contributed by atoms with Crippen LogP contribution < -0.4 is 0 Å². The maximum Gasteiger partial charge on any atom is 0.511 e. The minimum atomic E-state index is -2.16. The lowest BCUT2D eigenvalue weighted by Gasteiger charge is -2.22. The number of ether oxygens (including phenoxy) is 2. The van der Waals surface area contributed by atoms with Crippen molar-refractivity contribution in [1.82, 2.24) is 0 Å². The van der Waals surface area contributed by atoms with Crippen LogP contribution in [0.1, 0.15) is 11.1 Å². The Hall–Kier alpha value is -2.75. The molecular formula is C12H10N2O5. The number of carbonyl (C=O) groups excluding carboxylic acids is 3. The SMILES string of the molecule is COC(=O)OC(N=C=O)(N=C=O)c1ccccc1C. The molecule has 0 aliphatic heterocycles. The van der Waals surface area contributed by atoms with Crippen molar-refractivity contribution < 1.29 is 23.9 Å². The van der Waals surface area contributed by atoms with E-state index in [1.165, 1.54) is 18.2 Å². The summed E-state index contributed by atoms with van der Waals surface area (Å²) in [5, 5.41) is 0. The van der Waals surface area contributed by atoms with Gasteiger partial charge in [0, 0.05) is 5.56 Å². The van der Waals surface area contributed by atoms with E-state index in [-0.39, 0.29) is 5.56 Å². The monoisotopic (exact) mass is 262 g/mol. The van der Waals surface area contributed by atoms with E-state index in [0.717, 1.165) is 7.11 Å². The molecule has 0 spiro atoms. The second-order valence-electron chi connectivity index (χ2n) is 3.39. The molecule has 0 radical (unpaired) electrons. The van der Waals surface area contributed by atoms with Gasteiger partial charge in [-0.3, -0.25) is 0 Å². The average Bonchev–Trinajstić information content (AvgIpc) is 2.39. The summed E-state index contributed by atoms with van der Waals surface area (Å²) in [6.07, 6.45) is 1.28. The average molecular weight is 262 g/mol. The van der Waals surface area contributed by atoms with Gasteiger partial charge in [-0.15, -0.1) is 9.98 Å². The van der Waals surface area contributed by atoms with Crippen LogP contribution in [0.4, 0.5) is 4.79 Å². The number of rotatable bonds is 4.